The standard InChI is InChI=1S/C22H23N7O4S/c1-2-28-24-18(23-25-28)13-27-16-12-17(14-6-4-3-5-7-14)34-19(16)20(30)29(21(27)31)15-8-10-26(11-9-15)22(32)33/h3-7,12,15H,2,8-11,13H2,1H3,(H,32,33). The third-order valence-electron chi connectivity index (χ3n) is 6.09. The number of tetrazole rings is 1. The number of aromatic nitrogens is 6. The molecule has 0 atom stereocenters. The second-order valence-corrected chi connectivity index (χ2v) is 9.18. The van der Waals surface area contributed by atoms with E-state index in [0.29, 0.717) is 35.4 Å². The molecule has 1 aliphatic rings. The highest BCUT2D eigenvalue weighted by Gasteiger charge is 2.28. The van der Waals surface area contributed by atoms with Crippen molar-refractivity contribution in [1.82, 2.24) is 34.2 Å². The quantitative estimate of drug-likeness (QED) is 0.463. The van der Waals surface area contributed by atoms with Crippen molar-refractivity contribution in [3.63, 3.8) is 0 Å². The van der Waals surface area contributed by atoms with E-state index < -0.39 is 11.8 Å². The predicted molar refractivity (Wildman–Crippen MR) is 126 cm³/mol. The lowest BCUT2D eigenvalue weighted by atomic mass is 10.1. The molecule has 0 saturated carbocycles. The smallest absolute Gasteiger partial charge is 0.407 e. The van der Waals surface area contributed by atoms with Crippen LogP contribution in [-0.4, -0.2) is 58.5 Å². The molecule has 11 nitrogen and oxygen atoms in total. The van der Waals surface area contributed by atoms with Gasteiger partial charge < -0.3 is 10.0 Å². The van der Waals surface area contributed by atoms with Gasteiger partial charge in [-0.2, -0.15) is 4.80 Å². The van der Waals surface area contributed by atoms with Gasteiger partial charge in [-0.25, -0.2) is 9.59 Å². The molecule has 1 amide bonds. The number of carbonyl (C=O) groups is 1. The third kappa shape index (κ3) is 3.89. The fourth-order valence-corrected chi connectivity index (χ4v) is 5.42. The van der Waals surface area contributed by atoms with Crippen molar-refractivity contribution in [3.8, 4) is 10.4 Å². The van der Waals surface area contributed by atoms with Crippen molar-refractivity contribution in [2.75, 3.05) is 13.1 Å². The lowest BCUT2D eigenvalue weighted by Gasteiger charge is -2.30. The molecule has 1 N–H and O–H groups in total. The van der Waals surface area contributed by atoms with Crippen LogP contribution in [0.15, 0.2) is 46.0 Å². The van der Waals surface area contributed by atoms with Crippen LogP contribution in [0.5, 0.6) is 0 Å². The van der Waals surface area contributed by atoms with E-state index in [-0.39, 0.29) is 31.2 Å². The topological polar surface area (TPSA) is 128 Å². The summed E-state index contributed by atoms with van der Waals surface area (Å²) in [4.78, 5) is 42.1. The molecular formula is C22H23N7O4S. The lowest BCUT2D eigenvalue weighted by Crippen LogP contribution is -2.46. The van der Waals surface area contributed by atoms with Crippen molar-refractivity contribution in [1.29, 1.82) is 0 Å². The van der Waals surface area contributed by atoms with Crippen LogP contribution >= 0.6 is 11.3 Å². The van der Waals surface area contributed by atoms with Crippen LogP contribution in [0.25, 0.3) is 20.7 Å². The van der Waals surface area contributed by atoms with Gasteiger partial charge >= 0.3 is 11.8 Å². The molecule has 1 fully saturated rings. The second kappa shape index (κ2) is 8.86. The number of fused-ring (bicyclic) bond motifs is 1. The Balaban J connectivity index is 1.65. The summed E-state index contributed by atoms with van der Waals surface area (Å²) in [5.74, 6) is 0.378. The number of carboxylic acid groups (broad SMARTS) is 1. The summed E-state index contributed by atoms with van der Waals surface area (Å²) in [6.45, 7) is 3.07. The Morgan fingerprint density at radius 2 is 1.91 bits per heavy atom. The Labute approximate surface area is 197 Å². The number of thiophene rings is 1. The molecule has 0 aliphatic carbocycles. The van der Waals surface area contributed by atoms with Crippen LogP contribution in [0, 0.1) is 0 Å². The molecule has 1 aliphatic heterocycles. The van der Waals surface area contributed by atoms with Crippen LogP contribution in [0.3, 0.4) is 0 Å². The van der Waals surface area contributed by atoms with Crippen molar-refractivity contribution in [2.45, 2.75) is 38.9 Å². The SMILES string of the molecule is CCn1nnc(Cn2c(=O)n(C3CCN(C(=O)O)CC3)c(=O)c3sc(-c4ccccc4)cc32)n1. The predicted octanol–water partition coefficient (Wildman–Crippen LogP) is 2.26. The van der Waals surface area contributed by atoms with Crippen LogP contribution in [0.1, 0.15) is 31.6 Å². The van der Waals surface area contributed by atoms with E-state index in [1.165, 1.54) is 30.2 Å². The van der Waals surface area contributed by atoms with Gasteiger partial charge in [-0.05, 0) is 36.6 Å². The summed E-state index contributed by atoms with van der Waals surface area (Å²) in [5, 5.41) is 21.6. The molecule has 34 heavy (non-hydrogen) atoms. The second-order valence-electron chi connectivity index (χ2n) is 8.13. The number of aryl methyl sites for hydroxylation is 1. The first kappa shape index (κ1) is 22.0. The van der Waals surface area contributed by atoms with Crippen LogP contribution in [0.4, 0.5) is 4.79 Å². The molecule has 0 radical (unpaired) electrons. The zero-order valence-corrected chi connectivity index (χ0v) is 19.3. The van der Waals surface area contributed by atoms with Crippen molar-refractivity contribution in [3.05, 3.63) is 63.1 Å². The summed E-state index contributed by atoms with van der Waals surface area (Å²) < 4.78 is 3.29. The Morgan fingerprint density at radius 3 is 2.56 bits per heavy atom. The molecular weight excluding hydrogens is 458 g/mol. The van der Waals surface area contributed by atoms with E-state index in [0.717, 1.165) is 10.4 Å². The van der Waals surface area contributed by atoms with E-state index in [1.807, 2.05) is 43.3 Å². The molecule has 0 bridgehead atoms. The fourth-order valence-electron chi connectivity index (χ4n) is 4.31. The van der Waals surface area contributed by atoms with Gasteiger partial charge in [0.15, 0.2) is 5.82 Å². The highest BCUT2D eigenvalue weighted by atomic mass is 32.1. The molecule has 3 aromatic heterocycles. The minimum absolute atomic E-state index is 0.0779. The van der Waals surface area contributed by atoms with Gasteiger partial charge in [0, 0.05) is 24.0 Å². The molecule has 0 unspecified atom stereocenters. The first-order chi connectivity index (χ1) is 16.5. The first-order valence-corrected chi connectivity index (χ1v) is 11.9. The summed E-state index contributed by atoms with van der Waals surface area (Å²) in [5.41, 5.74) is 0.698. The van der Waals surface area contributed by atoms with Gasteiger partial charge in [-0.15, -0.1) is 21.5 Å². The Bertz CT molecular complexity index is 1460. The molecule has 176 valence electrons. The van der Waals surface area contributed by atoms with Gasteiger partial charge in [0.25, 0.3) is 5.56 Å². The Kier molecular flexibility index (Phi) is 5.74. The van der Waals surface area contributed by atoms with E-state index in [1.54, 1.807) is 0 Å². The highest BCUT2D eigenvalue weighted by Crippen LogP contribution is 2.32. The number of likely N-dealkylation sites (tertiary alicyclic amines) is 1. The van der Waals surface area contributed by atoms with Gasteiger partial charge in [0.05, 0.1) is 18.6 Å². The summed E-state index contributed by atoms with van der Waals surface area (Å²) >= 11 is 1.34. The number of amides is 1. The average molecular weight is 482 g/mol. The molecule has 12 heteroatoms. The number of benzene rings is 1. The summed E-state index contributed by atoms with van der Waals surface area (Å²) in [6.07, 6.45) is -0.197. The minimum atomic E-state index is -0.991. The molecule has 5 rings (SSSR count). The lowest BCUT2D eigenvalue weighted by molar-refractivity contribution is 0.124. The number of piperidine rings is 1. The average Bonchev–Trinajstić information content (AvgIpc) is 3.50. The Hall–Kier alpha value is -3.80. The van der Waals surface area contributed by atoms with Gasteiger partial charge in [0.1, 0.15) is 4.70 Å². The molecule has 4 aromatic rings. The van der Waals surface area contributed by atoms with Crippen LogP contribution < -0.4 is 11.2 Å². The van der Waals surface area contributed by atoms with E-state index in [2.05, 4.69) is 15.4 Å². The largest absolute Gasteiger partial charge is 0.465 e. The Morgan fingerprint density at radius 1 is 1.18 bits per heavy atom. The third-order valence-corrected chi connectivity index (χ3v) is 7.25. The van der Waals surface area contributed by atoms with Crippen LogP contribution in [0.2, 0.25) is 0 Å². The van der Waals surface area contributed by atoms with Crippen molar-refractivity contribution in [2.24, 2.45) is 0 Å². The summed E-state index contributed by atoms with van der Waals surface area (Å²) in [6, 6.07) is 11.2. The maximum atomic E-state index is 13.7. The molecule has 4 heterocycles. The normalized spacial score (nSPS) is 14.7. The monoisotopic (exact) mass is 481 g/mol. The van der Waals surface area contributed by atoms with Gasteiger partial charge in [0.2, 0.25) is 0 Å². The number of hydrogen-bond acceptors (Lipinski definition) is 7. The molecule has 1 aromatic carbocycles. The maximum Gasteiger partial charge on any atom is 0.407 e. The number of nitrogens with zero attached hydrogens (tertiary/aromatic N) is 7. The van der Waals surface area contributed by atoms with Crippen molar-refractivity contribution >= 4 is 27.6 Å². The molecule has 0 spiro atoms. The van der Waals surface area contributed by atoms with Gasteiger partial charge in [-0.3, -0.25) is 13.9 Å². The van der Waals surface area contributed by atoms with E-state index >= 15 is 0 Å². The fraction of sp³-hybridized carbons (Fsp3) is 0.364. The van der Waals surface area contributed by atoms with Crippen LogP contribution in [-0.2, 0) is 13.1 Å². The molecule has 1 saturated heterocycles. The zero-order chi connectivity index (χ0) is 23.8. The first-order valence-electron chi connectivity index (χ1n) is 11.0. The minimum Gasteiger partial charge on any atom is -0.465 e. The number of rotatable bonds is 5. The summed E-state index contributed by atoms with van der Waals surface area (Å²) in [7, 11) is 0. The van der Waals surface area contributed by atoms with Gasteiger partial charge in [-0.1, -0.05) is 30.3 Å². The highest BCUT2D eigenvalue weighted by molar-refractivity contribution is 7.22. The van der Waals surface area contributed by atoms with E-state index in [9.17, 15) is 19.5 Å². The zero-order valence-electron chi connectivity index (χ0n) is 18.5. The maximum absolute atomic E-state index is 13.7. The van der Waals surface area contributed by atoms with E-state index in [4.69, 9.17) is 0 Å². The number of hydrogen-bond donors (Lipinski definition) is 1. The van der Waals surface area contributed by atoms with Crippen molar-refractivity contribution < 1.29 is 9.90 Å².